The van der Waals surface area contributed by atoms with Crippen molar-refractivity contribution in [1.82, 2.24) is 4.98 Å². The molecule has 3 rings (SSSR count). The number of nitrogens with zero attached hydrogens (tertiary/aromatic N) is 1. The van der Waals surface area contributed by atoms with Crippen molar-refractivity contribution < 1.29 is 19.4 Å². The van der Waals surface area contributed by atoms with Gasteiger partial charge in [-0.05, 0) is 18.2 Å². The number of carboxylic acids is 1. The Morgan fingerprint density at radius 3 is 2.90 bits per heavy atom. The Balaban J connectivity index is 1.79. The first-order valence-electron chi connectivity index (χ1n) is 6.37. The van der Waals surface area contributed by atoms with E-state index in [9.17, 15) is 9.59 Å². The van der Waals surface area contributed by atoms with E-state index in [1.165, 1.54) is 12.3 Å². The van der Waals surface area contributed by atoms with E-state index in [4.69, 9.17) is 9.84 Å². The number of hydrogen-bond acceptors (Lipinski definition) is 4. The van der Waals surface area contributed by atoms with Crippen molar-refractivity contribution in [2.45, 2.75) is 5.92 Å². The topological polar surface area (TPSA) is 88.5 Å². The maximum absolute atomic E-state index is 12.3. The summed E-state index contributed by atoms with van der Waals surface area (Å²) in [6.45, 7) is 0.280. The average molecular weight is 284 g/mol. The molecule has 0 bridgehead atoms. The summed E-state index contributed by atoms with van der Waals surface area (Å²) in [6, 6.07) is 10.2. The Hall–Kier alpha value is -2.89. The quantitative estimate of drug-likeness (QED) is 0.898. The van der Waals surface area contributed by atoms with Gasteiger partial charge in [-0.2, -0.15) is 0 Å². The van der Waals surface area contributed by atoms with Gasteiger partial charge in [0.05, 0.1) is 0 Å². The van der Waals surface area contributed by atoms with Gasteiger partial charge in [0.2, 0.25) is 5.91 Å². The second-order valence-electron chi connectivity index (χ2n) is 4.63. The summed E-state index contributed by atoms with van der Waals surface area (Å²) in [6.07, 6.45) is 1.35. The Kier molecular flexibility index (Phi) is 3.27. The SMILES string of the molecule is O=C(O)c1cc(NC(=O)C2COc3ccccc32)ccn1. The molecule has 1 aliphatic rings. The minimum atomic E-state index is -1.14. The summed E-state index contributed by atoms with van der Waals surface area (Å²) >= 11 is 0. The molecule has 1 atom stereocenters. The maximum Gasteiger partial charge on any atom is 0.354 e. The van der Waals surface area contributed by atoms with E-state index in [1.807, 2.05) is 24.3 Å². The Bertz CT molecular complexity index is 714. The van der Waals surface area contributed by atoms with E-state index in [2.05, 4.69) is 10.3 Å². The van der Waals surface area contributed by atoms with Crippen LogP contribution in [0.2, 0.25) is 0 Å². The van der Waals surface area contributed by atoms with E-state index in [1.54, 1.807) is 6.07 Å². The van der Waals surface area contributed by atoms with E-state index >= 15 is 0 Å². The Morgan fingerprint density at radius 1 is 1.29 bits per heavy atom. The van der Waals surface area contributed by atoms with Gasteiger partial charge in [0.25, 0.3) is 0 Å². The third-order valence-corrected chi connectivity index (χ3v) is 3.26. The van der Waals surface area contributed by atoms with Crippen LogP contribution in [-0.4, -0.2) is 28.6 Å². The minimum Gasteiger partial charge on any atom is -0.492 e. The van der Waals surface area contributed by atoms with Gasteiger partial charge in [-0.15, -0.1) is 0 Å². The number of carbonyl (C=O) groups is 2. The van der Waals surface area contributed by atoms with Crippen LogP contribution in [0.25, 0.3) is 0 Å². The normalized spacial score (nSPS) is 15.9. The van der Waals surface area contributed by atoms with Crippen LogP contribution in [0.5, 0.6) is 5.75 Å². The van der Waals surface area contributed by atoms with Crippen LogP contribution in [0.3, 0.4) is 0 Å². The number of carbonyl (C=O) groups excluding carboxylic acids is 1. The smallest absolute Gasteiger partial charge is 0.354 e. The minimum absolute atomic E-state index is 0.115. The van der Waals surface area contributed by atoms with Crippen molar-refractivity contribution in [2.75, 3.05) is 11.9 Å². The molecule has 0 fully saturated rings. The van der Waals surface area contributed by atoms with Crippen LogP contribution < -0.4 is 10.1 Å². The second-order valence-corrected chi connectivity index (χ2v) is 4.63. The maximum atomic E-state index is 12.3. The molecule has 21 heavy (non-hydrogen) atoms. The third kappa shape index (κ3) is 2.55. The summed E-state index contributed by atoms with van der Waals surface area (Å²) < 4.78 is 5.46. The van der Waals surface area contributed by atoms with E-state index in [0.29, 0.717) is 11.4 Å². The van der Waals surface area contributed by atoms with Crippen LogP contribution in [-0.2, 0) is 4.79 Å². The molecular weight excluding hydrogens is 272 g/mol. The lowest BCUT2D eigenvalue weighted by molar-refractivity contribution is -0.117. The van der Waals surface area contributed by atoms with E-state index in [0.717, 1.165) is 5.56 Å². The molecule has 2 heterocycles. The molecule has 1 aliphatic heterocycles. The standard InChI is InChI=1S/C15H12N2O4/c18-14(11-8-21-13-4-2-1-3-10(11)13)17-9-5-6-16-12(7-9)15(19)20/h1-7,11H,8H2,(H,19,20)(H,16,17,18). The molecule has 2 N–H and O–H groups in total. The molecule has 1 aromatic carbocycles. The highest BCUT2D eigenvalue weighted by molar-refractivity contribution is 5.97. The highest BCUT2D eigenvalue weighted by Crippen LogP contribution is 2.34. The molecule has 1 amide bonds. The summed E-state index contributed by atoms with van der Waals surface area (Å²) in [5.41, 5.74) is 1.12. The van der Waals surface area contributed by atoms with Crippen molar-refractivity contribution in [1.29, 1.82) is 0 Å². The van der Waals surface area contributed by atoms with Gasteiger partial charge in [-0.1, -0.05) is 18.2 Å². The number of carboxylic acid groups (broad SMARTS) is 1. The highest BCUT2D eigenvalue weighted by Gasteiger charge is 2.30. The van der Waals surface area contributed by atoms with Gasteiger partial charge in [0, 0.05) is 17.4 Å². The lowest BCUT2D eigenvalue weighted by Crippen LogP contribution is -2.22. The van der Waals surface area contributed by atoms with Gasteiger partial charge in [0.1, 0.15) is 24.0 Å². The number of aromatic nitrogens is 1. The van der Waals surface area contributed by atoms with Crippen LogP contribution in [0.1, 0.15) is 22.0 Å². The fourth-order valence-electron chi connectivity index (χ4n) is 2.23. The number of fused-ring (bicyclic) bond motifs is 1. The van der Waals surface area contributed by atoms with E-state index in [-0.39, 0.29) is 18.2 Å². The molecule has 6 heteroatoms. The monoisotopic (exact) mass is 284 g/mol. The number of amides is 1. The van der Waals surface area contributed by atoms with Gasteiger partial charge in [0.15, 0.2) is 0 Å². The number of ether oxygens (including phenoxy) is 1. The fourth-order valence-corrected chi connectivity index (χ4v) is 2.23. The molecule has 106 valence electrons. The zero-order valence-corrected chi connectivity index (χ0v) is 10.9. The van der Waals surface area contributed by atoms with Gasteiger partial charge in [-0.25, -0.2) is 9.78 Å². The summed E-state index contributed by atoms with van der Waals surface area (Å²) in [5, 5.41) is 11.6. The number of nitrogens with one attached hydrogen (secondary N) is 1. The summed E-state index contributed by atoms with van der Waals surface area (Å²) in [4.78, 5) is 26.9. The van der Waals surface area contributed by atoms with Crippen molar-refractivity contribution >= 4 is 17.6 Å². The zero-order valence-electron chi connectivity index (χ0n) is 10.9. The van der Waals surface area contributed by atoms with Crippen LogP contribution >= 0.6 is 0 Å². The van der Waals surface area contributed by atoms with Crippen LogP contribution in [0.15, 0.2) is 42.6 Å². The lowest BCUT2D eigenvalue weighted by atomic mass is 10.0. The molecule has 0 aliphatic carbocycles. The Labute approximate surface area is 120 Å². The summed E-state index contributed by atoms with van der Waals surface area (Å²) in [7, 11) is 0. The van der Waals surface area contributed by atoms with Crippen molar-refractivity contribution in [3.63, 3.8) is 0 Å². The summed E-state index contributed by atoms with van der Waals surface area (Å²) in [5.74, 6) is -1.07. The van der Waals surface area contributed by atoms with Crippen LogP contribution in [0.4, 0.5) is 5.69 Å². The largest absolute Gasteiger partial charge is 0.492 e. The number of benzene rings is 1. The third-order valence-electron chi connectivity index (χ3n) is 3.26. The number of para-hydroxylation sites is 1. The van der Waals surface area contributed by atoms with Gasteiger partial charge in [-0.3, -0.25) is 4.79 Å². The van der Waals surface area contributed by atoms with Crippen molar-refractivity contribution in [2.24, 2.45) is 0 Å². The van der Waals surface area contributed by atoms with Crippen LogP contribution in [0, 0.1) is 0 Å². The number of hydrogen-bond donors (Lipinski definition) is 2. The molecule has 1 unspecified atom stereocenters. The molecule has 6 nitrogen and oxygen atoms in total. The number of pyridine rings is 1. The number of rotatable bonds is 3. The second kappa shape index (κ2) is 5.24. The Morgan fingerprint density at radius 2 is 2.10 bits per heavy atom. The van der Waals surface area contributed by atoms with Gasteiger partial charge >= 0.3 is 5.97 Å². The van der Waals surface area contributed by atoms with Crippen molar-refractivity contribution in [3.8, 4) is 5.75 Å². The molecule has 2 aromatic rings. The molecule has 0 radical (unpaired) electrons. The zero-order chi connectivity index (χ0) is 14.8. The average Bonchev–Trinajstić information content (AvgIpc) is 2.91. The highest BCUT2D eigenvalue weighted by atomic mass is 16.5. The number of anilines is 1. The fraction of sp³-hybridized carbons (Fsp3) is 0.133. The first-order chi connectivity index (χ1) is 10.1. The molecule has 0 spiro atoms. The van der Waals surface area contributed by atoms with Crippen molar-refractivity contribution in [3.05, 3.63) is 53.9 Å². The molecular formula is C15H12N2O4. The lowest BCUT2D eigenvalue weighted by Gasteiger charge is -2.10. The van der Waals surface area contributed by atoms with Gasteiger partial charge < -0.3 is 15.2 Å². The molecule has 0 saturated heterocycles. The molecule has 0 saturated carbocycles. The number of aromatic carboxylic acids is 1. The predicted octanol–water partition coefficient (Wildman–Crippen LogP) is 1.89. The van der Waals surface area contributed by atoms with E-state index < -0.39 is 11.9 Å². The predicted molar refractivity (Wildman–Crippen MR) is 74.5 cm³/mol. The first kappa shape index (κ1) is 13.1. The molecule has 1 aromatic heterocycles. The first-order valence-corrected chi connectivity index (χ1v) is 6.37.